The van der Waals surface area contributed by atoms with Gasteiger partial charge in [0, 0.05) is 13.3 Å². The lowest BCUT2D eigenvalue weighted by atomic mass is 9.97. The number of para-hydroxylation sites is 1. The number of ether oxygens (including phenoxy) is 1. The van der Waals surface area contributed by atoms with Gasteiger partial charge < -0.3 is 14.7 Å². The van der Waals surface area contributed by atoms with Gasteiger partial charge in [-0.05, 0) is 34.9 Å². The van der Waals surface area contributed by atoms with Crippen molar-refractivity contribution >= 4 is 11.9 Å². The summed E-state index contributed by atoms with van der Waals surface area (Å²) in [5, 5.41) is 18.7. The van der Waals surface area contributed by atoms with Crippen LogP contribution >= 0.6 is 0 Å². The summed E-state index contributed by atoms with van der Waals surface area (Å²) in [7, 11) is 0. The van der Waals surface area contributed by atoms with Gasteiger partial charge in [-0.15, -0.1) is 10.1 Å². The Bertz CT molecular complexity index is 816. The zero-order valence-electron chi connectivity index (χ0n) is 13.3. The third-order valence-corrected chi connectivity index (χ3v) is 3.39. The predicted octanol–water partition coefficient (Wildman–Crippen LogP) is 2.61. The molecule has 2 aromatic rings. The van der Waals surface area contributed by atoms with Crippen LogP contribution in [0.15, 0.2) is 42.5 Å². The summed E-state index contributed by atoms with van der Waals surface area (Å²) < 4.78 is 5.14. The fourth-order valence-electron chi connectivity index (χ4n) is 2.30. The van der Waals surface area contributed by atoms with E-state index in [1.165, 1.54) is 25.1 Å². The number of carboxylic acid groups (broad SMARTS) is 1. The minimum Gasteiger partial charge on any atom is -0.478 e. The molecule has 0 bridgehead atoms. The fraction of sp³-hybridized carbons (Fsp3) is 0.176. The highest BCUT2D eigenvalue weighted by Gasteiger charge is 2.13. The van der Waals surface area contributed by atoms with Gasteiger partial charge in [-0.3, -0.25) is 4.79 Å². The van der Waals surface area contributed by atoms with Crippen LogP contribution in [-0.4, -0.2) is 22.1 Å². The average Bonchev–Trinajstić information content (AvgIpc) is 2.54. The highest BCUT2D eigenvalue weighted by atomic mass is 16.9. The van der Waals surface area contributed by atoms with E-state index in [0.717, 1.165) is 0 Å². The molecule has 0 radical (unpaired) electrons. The van der Waals surface area contributed by atoms with Crippen molar-refractivity contribution in [1.29, 1.82) is 0 Å². The molecule has 0 aliphatic rings. The number of rotatable bonds is 7. The van der Waals surface area contributed by atoms with Gasteiger partial charge in [-0.1, -0.05) is 24.3 Å². The number of benzene rings is 2. The van der Waals surface area contributed by atoms with Crippen LogP contribution in [0.1, 0.15) is 34.0 Å². The average molecular weight is 345 g/mol. The first-order chi connectivity index (χ1) is 11.9. The molecule has 2 rings (SSSR count). The smallest absolute Gasteiger partial charge is 0.335 e. The summed E-state index contributed by atoms with van der Waals surface area (Å²) in [4.78, 5) is 37.2. The molecule has 0 aliphatic carbocycles. The van der Waals surface area contributed by atoms with E-state index in [-0.39, 0.29) is 18.6 Å². The van der Waals surface area contributed by atoms with Crippen LogP contribution in [0.3, 0.4) is 0 Å². The van der Waals surface area contributed by atoms with Crippen LogP contribution in [0.2, 0.25) is 0 Å². The Labute approximate surface area is 142 Å². The molecule has 0 heterocycles. The number of carboxylic acids is 1. The van der Waals surface area contributed by atoms with Crippen LogP contribution < -0.4 is 4.74 Å². The Balaban J connectivity index is 2.39. The molecular weight excluding hydrogens is 330 g/mol. The maximum Gasteiger partial charge on any atom is 0.335 e. The number of hydrogen-bond acceptors (Lipinski definition) is 6. The molecular formula is C17H15NO7. The van der Waals surface area contributed by atoms with E-state index in [4.69, 9.17) is 9.84 Å². The van der Waals surface area contributed by atoms with Crippen molar-refractivity contribution in [3.63, 3.8) is 0 Å². The van der Waals surface area contributed by atoms with E-state index in [2.05, 4.69) is 4.84 Å². The molecule has 130 valence electrons. The monoisotopic (exact) mass is 345 g/mol. The standard InChI is InChI=1S/C17H15NO7/c1-11(19)25-16-5-3-2-4-12(16)8-15-9-13(17(20)21)6-7-14(15)10-24-18(22)23/h2-7,9H,8,10H2,1H3,(H,20,21). The first kappa shape index (κ1) is 17.9. The summed E-state index contributed by atoms with van der Waals surface area (Å²) in [5.41, 5.74) is 1.69. The van der Waals surface area contributed by atoms with Gasteiger partial charge in [0.05, 0.1) is 5.56 Å². The summed E-state index contributed by atoms with van der Waals surface area (Å²) in [6.45, 7) is 0.968. The molecule has 0 amide bonds. The van der Waals surface area contributed by atoms with Gasteiger partial charge in [-0.2, -0.15) is 0 Å². The molecule has 0 spiro atoms. The maximum absolute atomic E-state index is 11.2. The van der Waals surface area contributed by atoms with E-state index in [1.807, 2.05) is 0 Å². The van der Waals surface area contributed by atoms with E-state index in [9.17, 15) is 19.7 Å². The van der Waals surface area contributed by atoms with Crippen LogP contribution in [0.4, 0.5) is 0 Å². The Morgan fingerprint density at radius 3 is 2.48 bits per heavy atom. The zero-order chi connectivity index (χ0) is 18.4. The van der Waals surface area contributed by atoms with Crippen molar-refractivity contribution in [1.82, 2.24) is 0 Å². The zero-order valence-corrected chi connectivity index (χ0v) is 13.3. The molecule has 0 saturated heterocycles. The topological polar surface area (TPSA) is 116 Å². The second-order valence-corrected chi connectivity index (χ2v) is 5.16. The van der Waals surface area contributed by atoms with Gasteiger partial charge in [0.2, 0.25) is 0 Å². The summed E-state index contributed by atoms with van der Waals surface area (Å²) in [6.07, 6.45) is 0.223. The molecule has 0 aliphatic heterocycles. The van der Waals surface area contributed by atoms with E-state index in [1.54, 1.807) is 24.3 Å². The summed E-state index contributed by atoms with van der Waals surface area (Å²) in [6, 6.07) is 11.0. The summed E-state index contributed by atoms with van der Waals surface area (Å²) in [5.74, 6) is -1.25. The van der Waals surface area contributed by atoms with Crippen LogP contribution in [0, 0.1) is 10.1 Å². The second kappa shape index (κ2) is 7.91. The molecule has 0 fully saturated rings. The Hall–Kier alpha value is -3.42. The molecule has 8 heteroatoms. The van der Waals surface area contributed by atoms with Gasteiger partial charge in [0.15, 0.2) is 0 Å². The van der Waals surface area contributed by atoms with Crippen molar-refractivity contribution in [2.45, 2.75) is 20.0 Å². The molecule has 25 heavy (non-hydrogen) atoms. The Morgan fingerprint density at radius 1 is 1.12 bits per heavy atom. The number of esters is 1. The first-order valence-corrected chi connectivity index (χ1v) is 7.25. The minimum atomic E-state index is -1.11. The van der Waals surface area contributed by atoms with E-state index < -0.39 is 17.0 Å². The molecule has 1 N–H and O–H groups in total. The second-order valence-electron chi connectivity index (χ2n) is 5.16. The normalized spacial score (nSPS) is 10.1. The molecule has 2 aromatic carbocycles. The lowest BCUT2D eigenvalue weighted by Gasteiger charge is -2.13. The van der Waals surface area contributed by atoms with Crippen molar-refractivity contribution in [2.75, 3.05) is 0 Å². The SMILES string of the molecule is CC(=O)Oc1ccccc1Cc1cc(C(=O)O)ccc1CO[N+](=O)[O-]. The Kier molecular flexibility index (Phi) is 5.67. The van der Waals surface area contributed by atoms with Gasteiger partial charge in [0.25, 0.3) is 5.09 Å². The van der Waals surface area contributed by atoms with Crippen molar-refractivity contribution in [2.24, 2.45) is 0 Å². The molecule has 8 nitrogen and oxygen atoms in total. The predicted molar refractivity (Wildman–Crippen MR) is 85.7 cm³/mol. The lowest BCUT2D eigenvalue weighted by molar-refractivity contribution is -0.763. The fourth-order valence-corrected chi connectivity index (χ4v) is 2.30. The maximum atomic E-state index is 11.2. The third-order valence-electron chi connectivity index (χ3n) is 3.39. The van der Waals surface area contributed by atoms with Crippen molar-refractivity contribution < 1.29 is 29.4 Å². The lowest BCUT2D eigenvalue weighted by Crippen LogP contribution is -2.08. The van der Waals surface area contributed by atoms with Crippen LogP contribution in [0.25, 0.3) is 0 Å². The van der Waals surface area contributed by atoms with Gasteiger partial charge >= 0.3 is 11.9 Å². The highest BCUT2D eigenvalue weighted by molar-refractivity contribution is 5.88. The summed E-state index contributed by atoms with van der Waals surface area (Å²) >= 11 is 0. The number of carbonyl (C=O) groups is 2. The Morgan fingerprint density at radius 2 is 1.84 bits per heavy atom. The molecule has 0 unspecified atom stereocenters. The van der Waals surface area contributed by atoms with Gasteiger partial charge in [0.1, 0.15) is 12.4 Å². The number of nitrogens with zero attached hydrogens (tertiary/aromatic N) is 1. The molecule has 0 atom stereocenters. The quantitative estimate of drug-likeness (QED) is 0.355. The third kappa shape index (κ3) is 5.03. The minimum absolute atomic E-state index is 0.0461. The van der Waals surface area contributed by atoms with E-state index >= 15 is 0 Å². The molecule has 0 aromatic heterocycles. The van der Waals surface area contributed by atoms with Gasteiger partial charge in [-0.25, -0.2) is 4.79 Å². The largest absolute Gasteiger partial charge is 0.478 e. The van der Waals surface area contributed by atoms with E-state index in [0.29, 0.717) is 22.4 Å². The van der Waals surface area contributed by atoms with Crippen molar-refractivity contribution in [3.05, 3.63) is 74.8 Å². The number of carbonyl (C=O) groups excluding carboxylic acids is 1. The van der Waals surface area contributed by atoms with Crippen LogP contribution in [-0.2, 0) is 22.7 Å². The number of hydrogen-bond donors (Lipinski definition) is 1. The first-order valence-electron chi connectivity index (χ1n) is 7.25. The van der Waals surface area contributed by atoms with Crippen molar-refractivity contribution in [3.8, 4) is 5.75 Å². The number of aromatic carboxylic acids is 1. The highest BCUT2D eigenvalue weighted by Crippen LogP contribution is 2.24. The molecule has 0 saturated carbocycles. The van der Waals surface area contributed by atoms with Crippen LogP contribution in [0.5, 0.6) is 5.75 Å².